The van der Waals surface area contributed by atoms with Crippen LogP contribution in [0.5, 0.6) is 0 Å². The Bertz CT molecular complexity index is 471. The minimum Gasteiger partial charge on any atom is -0.325 e. The van der Waals surface area contributed by atoms with Crippen molar-refractivity contribution in [2.75, 3.05) is 0 Å². The molecule has 1 aromatic rings. The van der Waals surface area contributed by atoms with Crippen molar-refractivity contribution in [2.45, 2.75) is 57.0 Å². The molecule has 0 aliphatic carbocycles. The SMILES string of the molecule is CCCCCC(C)NS(=O)(=O)c1ccc(CN)nc1. The summed E-state index contributed by atoms with van der Waals surface area (Å²) in [5.41, 5.74) is 6.11. The second-order valence-corrected chi connectivity index (χ2v) is 6.42. The fourth-order valence-corrected chi connectivity index (χ4v) is 3.01. The highest BCUT2D eigenvalue weighted by molar-refractivity contribution is 7.89. The first kappa shape index (κ1) is 16.1. The molecule has 0 radical (unpaired) electrons. The molecule has 0 aliphatic heterocycles. The predicted octanol–water partition coefficient (Wildman–Crippen LogP) is 1.79. The van der Waals surface area contributed by atoms with Crippen LogP contribution in [0.25, 0.3) is 0 Å². The third-order valence-corrected chi connectivity index (χ3v) is 4.49. The van der Waals surface area contributed by atoms with Crippen LogP contribution in [0, 0.1) is 0 Å². The molecule has 1 aromatic heterocycles. The Morgan fingerprint density at radius 1 is 1.37 bits per heavy atom. The molecular formula is C13H23N3O2S. The number of nitrogens with two attached hydrogens (primary N) is 1. The van der Waals surface area contributed by atoms with Crippen LogP contribution in [0.4, 0.5) is 0 Å². The molecule has 1 atom stereocenters. The Labute approximate surface area is 115 Å². The standard InChI is InChI=1S/C13H23N3O2S/c1-3-4-5-6-11(2)16-19(17,18)13-8-7-12(9-14)15-10-13/h7-8,10-11,16H,3-6,9,14H2,1-2H3. The number of rotatable bonds is 8. The lowest BCUT2D eigenvalue weighted by molar-refractivity contribution is 0.527. The van der Waals surface area contributed by atoms with E-state index in [2.05, 4.69) is 16.6 Å². The maximum Gasteiger partial charge on any atom is 0.242 e. The van der Waals surface area contributed by atoms with Crippen molar-refractivity contribution >= 4 is 10.0 Å². The van der Waals surface area contributed by atoms with Gasteiger partial charge < -0.3 is 5.73 Å². The van der Waals surface area contributed by atoms with E-state index in [1.54, 1.807) is 6.07 Å². The van der Waals surface area contributed by atoms with E-state index in [9.17, 15) is 8.42 Å². The quantitative estimate of drug-likeness (QED) is 0.713. The summed E-state index contributed by atoms with van der Waals surface area (Å²) < 4.78 is 26.9. The Morgan fingerprint density at radius 2 is 2.11 bits per heavy atom. The van der Waals surface area contributed by atoms with Gasteiger partial charge in [-0.3, -0.25) is 4.98 Å². The van der Waals surface area contributed by atoms with Crippen LogP contribution in [-0.2, 0) is 16.6 Å². The van der Waals surface area contributed by atoms with Gasteiger partial charge in [-0.25, -0.2) is 13.1 Å². The van der Waals surface area contributed by atoms with Crippen molar-refractivity contribution in [3.8, 4) is 0 Å². The number of nitrogens with one attached hydrogen (secondary N) is 1. The summed E-state index contributed by atoms with van der Waals surface area (Å²) >= 11 is 0. The third kappa shape index (κ3) is 5.26. The maximum atomic E-state index is 12.1. The van der Waals surface area contributed by atoms with E-state index in [0.717, 1.165) is 25.7 Å². The normalized spacial score (nSPS) is 13.4. The van der Waals surface area contributed by atoms with Crippen LogP contribution < -0.4 is 10.5 Å². The molecule has 3 N–H and O–H groups in total. The van der Waals surface area contributed by atoms with Crippen LogP contribution in [-0.4, -0.2) is 19.4 Å². The van der Waals surface area contributed by atoms with Gasteiger partial charge in [0, 0.05) is 18.8 Å². The van der Waals surface area contributed by atoms with Crippen molar-refractivity contribution in [2.24, 2.45) is 5.73 Å². The molecule has 0 bridgehead atoms. The number of pyridine rings is 1. The largest absolute Gasteiger partial charge is 0.325 e. The number of nitrogens with zero attached hydrogens (tertiary/aromatic N) is 1. The Hall–Kier alpha value is -0.980. The highest BCUT2D eigenvalue weighted by Gasteiger charge is 2.17. The minimum atomic E-state index is -3.47. The van der Waals surface area contributed by atoms with Crippen LogP contribution >= 0.6 is 0 Å². The van der Waals surface area contributed by atoms with E-state index in [-0.39, 0.29) is 10.9 Å². The second-order valence-electron chi connectivity index (χ2n) is 4.71. The lowest BCUT2D eigenvalue weighted by Gasteiger charge is -2.14. The van der Waals surface area contributed by atoms with Crippen LogP contribution in [0.1, 0.15) is 45.2 Å². The van der Waals surface area contributed by atoms with Crippen LogP contribution in [0.3, 0.4) is 0 Å². The first-order valence-corrected chi connectivity index (χ1v) is 8.15. The summed E-state index contributed by atoms with van der Waals surface area (Å²) in [5, 5.41) is 0. The van der Waals surface area contributed by atoms with Gasteiger partial charge in [0.2, 0.25) is 10.0 Å². The first-order valence-electron chi connectivity index (χ1n) is 6.67. The number of unbranched alkanes of at least 4 members (excludes halogenated alkanes) is 2. The van der Waals surface area contributed by atoms with Crippen molar-refractivity contribution in [1.29, 1.82) is 0 Å². The van der Waals surface area contributed by atoms with E-state index in [4.69, 9.17) is 5.73 Å². The van der Waals surface area contributed by atoms with E-state index in [1.165, 1.54) is 12.3 Å². The molecule has 0 aliphatic rings. The van der Waals surface area contributed by atoms with E-state index in [0.29, 0.717) is 12.2 Å². The highest BCUT2D eigenvalue weighted by Crippen LogP contribution is 2.10. The summed E-state index contributed by atoms with van der Waals surface area (Å²) in [6, 6.07) is 3.11. The topological polar surface area (TPSA) is 85.1 Å². The lowest BCUT2D eigenvalue weighted by Crippen LogP contribution is -2.32. The van der Waals surface area contributed by atoms with E-state index < -0.39 is 10.0 Å². The summed E-state index contributed by atoms with van der Waals surface area (Å²) in [5.74, 6) is 0. The Balaban J connectivity index is 2.63. The molecule has 1 rings (SSSR count). The molecule has 6 heteroatoms. The average molecular weight is 285 g/mol. The molecule has 0 saturated carbocycles. The summed E-state index contributed by atoms with van der Waals surface area (Å²) in [6.45, 7) is 4.32. The van der Waals surface area contributed by atoms with Crippen LogP contribution in [0.15, 0.2) is 23.2 Å². The molecule has 1 heterocycles. The second kappa shape index (κ2) is 7.57. The summed E-state index contributed by atoms with van der Waals surface area (Å²) in [4.78, 5) is 4.19. The first-order chi connectivity index (χ1) is 8.99. The number of hydrogen-bond donors (Lipinski definition) is 2. The van der Waals surface area contributed by atoms with Gasteiger partial charge in [-0.05, 0) is 25.5 Å². The van der Waals surface area contributed by atoms with Gasteiger partial charge in [-0.1, -0.05) is 26.2 Å². The summed E-state index contributed by atoms with van der Waals surface area (Å²) in [6.07, 6.45) is 5.48. The molecule has 0 fully saturated rings. The predicted molar refractivity (Wildman–Crippen MR) is 76.1 cm³/mol. The molecule has 0 saturated heterocycles. The van der Waals surface area contributed by atoms with Gasteiger partial charge in [-0.15, -0.1) is 0 Å². The van der Waals surface area contributed by atoms with Gasteiger partial charge in [0.25, 0.3) is 0 Å². The summed E-state index contributed by atoms with van der Waals surface area (Å²) in [7, 11) is -3.47. The average Bonchev–Trinajstić information content (AvgIpc) is 2.38. The van der Waals surface area contributed by atoms with E-state index in [1.807, 2.05) is 6.92 Å². The van der Waals surface area contributed by atoms with Crippen molar-refractivity contribution in [3.63, 3.8) is 0 Å². The number of hydrogen-bond acceptors (Lipinski definition) is 4. The van der Waals surface area contributed by atoms with Gasteiger partial charge in [0.05, 0.1) is 5.69 Å². The zero-order valence-corrected chi connectivity index (χ0v) is 12.4. The minimum absolute atomic E-state index is 0.0641. The Kier molecular flexibility index (Phi) is 6.41. The molecular weight excluding hydrogens is 262 g/mol. The van der Waals surface area contributed by atoms with Gasteiger partial charge in [0.1, 0.15) is 4.90 Å². The smallest absolute Gasteiger partial charge is 0.242 e. The zero-order chi connectivity index (χ0) is 14.3. The van der Waals surface area contributed by atoms with E-state index >= 15 is 0 Å². The van der Waals surface area contributed by atoms with Crippen molar-refractivity contribution in [1.82, 2.24) is 9.71 Å². The van der Waals surface area contributed by atoms with Crippen LogP contribution in [0.2, 0.25) is 0 Å². The lowest BCUT2D eigenvalue weighted by atomic mass is 10.1. The van der Waals surface area contributed by atoms with Gasteiger partial charge >= 0.3 is 0 Å². The number of aromatic nitrogens is 1. The fourth-order valence-electron chi connectivity index (χ4n) is 1.78. The van der Waals surface area contributed by atoms with Gasteiger partial charge in [-0.2, -0.15) is 0 Å². The molecule has 19 heavy (non-hydrogen) atoms. The molecule has 0 aromatic carbocycles. The zero-order valence-electron chi connectivity index (χ0n) is 11.6. The molecule has 0 amide bonds. The monoisotopic (exact) mass is 285 g/mol. The van der Waals surface area contributed by atoms with Crippen molar-refractivity contribution in [3.05, 3.63) is 24.0 Å². The molecule has 0 spiro atoms. The van der Waals surface area contributed by atoms with Gasteiger partial charge in [0.15, 0.2) is 0 Å². The highest BCUT2D eigenvalue weighted by atomic mass is 32.2. The fraction of sp³-hybridized carbons (Fsp3) is 0.615. The molecule has 5 nitrogen and oxygen atoms in total. The maximum absolute atomic E-state index is 12.1. The third-order valence-electron chi connectivity index (χ3n) is 2.91. The molecule has 108 valence electrons. The van der Waals surface area contributed by atoms with Crippen molar-refractivity contribution < 1.29 is 8.42 Å². The number of sulfonamides is 1. The molecule has 1 unspecified atom stereocenters. The Morgan fingerprint density at radius 3 is 2.63 bits per heavy atom.